The van der Waals surface area contributed by atoms with Gasteiger partial charge in [-0.3, -0.25) is 4.90 Å². The third kappa shape index (κ3) is 6.43. The Bertz CT molecular complexity index is 1190. The number of hydrogen-bond acceptors (Lipinski definition) is 6. The van der Waals surface area contributed by atoms with Crippen LogP contribution in [0.3, 0.4) is 0 Å². The van der Waals surface area contributed by atoms with Crippen molar-refractivity contribution in [3.63, 3.8) is 0 Å². The lowest BCUT2D eigenvalue weighted by atomic mass is 10.1. The van der Waals surface area contributed by atoms with Gasteiger partial charge in [-0.05, 0) is 29.2 Å². The molecular formula is C25H33N5O3S. The van der Waals surface area contributed by atoms with Gasteiger partial charge in [0.2, 0.25) is 10.0 Å². The molecule has 0 bridgehead atoms. The average Bonchev–Trinajstić information content (AvgIpc) is 3.10. The van der Waals surface area contributed by atoms with Gasteiger partial charge in [-0.1, -0.05) is 56.3 Å². The summed E-state index contributed by atoms with van der Waals surface area (Å²) in [6.07, 6.45) is 1.95. The first-order valence-electron chi connectivity index (χ1n) is 11.7. The lowest BCUT2D eigenvalue weighted by molar-refractivity contribution is 0.267. The first-order chi connectivity index (χ1) is 16.3. The van der Waals surface area contributed by atoms with Crippen LogP contribution in [0.4, 0.5) is 0 Å². The highest BCUT2D eigenvalue weighted by molar-refractivity contribution is 7.88. The van der Waals surface area contributed by atoms with Crippen LogP contribution in [-0.4, -0.2) is 47.4 Å². The highest BCUT2D eigenvalue weighted by Crippen LogP contribution is 2.24. The largest absolute Gasteiger partial charge is 0.489 e. The van der Waals surface area contributed by atoms with Gasteiger partial charge in [0.25, 0.3) is 0 Å². The van der Waals surface area contributed by atoms with Gasteiger partial charge in [0.15, 0.2) is 5.82 Å². The van der Waals surface area contributed by atoms with Crippen molar-refractivity contribution in [2.45, 2.75) is 46.0 Å². The van der Waals surface area contributed by atoms with Crippen molar-refractivity contribution < 1.29 is 13.2 Å². The SMILES string of the molecule is CC(C)C(NS(C)(=O)=O)c1nnc2n1CCN(Cc1cccc(OCc3ccccc3)c1)CC2. The predicted octanol–water partition coefficient (Wildman–Crippen LogP) is 3.16. The van der Waals surface area contributed by atoms with Gasteiger partial charge in [0.1, 0.15) is 18.2 Å². The second-order valence-corrected chi connectivity index (χ2v) is 11.0. The number of fused-ring (bicyclic) bond motifs is 1. The molecule has 0 fully saturated rings. The Kier molecular flexibility index (Phi) is 7.65. The summed E-state index contributed by atoms with van der Waals surface area (Å²) in [7, 11) is -3.36. The first kappa shape index (κ1) is 24.4. The standard InChI is InChI=1S/C25H33N5O3S/c1-19(2)24(28-34(3,31)32)25-27-26-23-12-13-29(14-15-30(23)25)17-21-10-7-11-22(16-21)33-18-20-8-5-4-6-9-20/h4-11,16,19,24,28H,12-15,17-18H2,1-3H3. The molecule has 2 heterocycles. The highest BCUT2D eigenvalue weighted by Gasteiger charge is 2.28. The number of sulfonamides is 1. The van der Waals surface area contributed by atoms with Crippen LogP contribution in [-0.2, 0) is 36.1 Å². The van der Waals surface area contributed by atoms with E-state index in [2.05, 4.69) is 48.7 Å². The molecule has 0 saturated carbocycles. The van der Waals surface area contributed by atoms with Crippen LogP contribution in [0.15, 0.2) is 54.6 Å². The molecule has 1 unspecified atom stereocenters. The second kappa shape index (κ2) is 10.7. The number of nitrogens with one attached hydrogen (secondary N) is 1. The number of benzene rings is 2. The van der Waals surface area contributed by atoms with Crippen LogP contribution in [0.5, 0.6) is 5.75 Å². The van der Waals surface area contributed by atoms with Crippen molar-refractivity contribution in [2.75, 3.05) is 19.3 Å². The highest BCUT2D eigenvalue weighted by atomic mass is 32.2. The summed E-state index contributed by atoms with van der Waals surface area (Å²) in [5, 5.41) is 8.75. The van der Waals surface area contributed by atoms with Gasteiger partial charge in [0, 0.05) is 32.6 Å². The first-order valence-corrected chi connectivity index (χ1v) is 13.5. The van der Waals surface area contributed by atoms with E-state index in [4.69, 9.17) is 4.74 Å². The van der Waals surface area contributed by atoms with Crippen LogP contribution in [0.1, 0.15) is 42.7 Å². The Morgan fingerprint density at radius 2 is 1.76 bits per heavy atom. The molecule has 9 heteroatoms. The Hall–Kier alpha value is -2.75. The molecule has 1 N–H and O–H groups in total. The second-order valence-electron chi connectivity index (χ2n) is 9.19. The molecule has 1 aliphatic rings. The van der Waals surface area contributed by atoms with E-state index in [1.807, 2.05) is 44.2 Å². The Morgan fingerprint density at radius 1 is 1.00 bits per heavy atom. The van der Waals surface area contributed by atoms with Crippen LogP contribution in [0.25, 0.3) is 0 Å². The summed E-state index contributed by atoms with van der Waals surface area (Å²) in [6, 6.07) is 18.0. The van der Waals surface area contributed by atoms with Crippen molar-refractivity contribution >= 4 is 10.0 Å². The summed E-state index contributed by atoms with van der Waals surface area (Å²) in [6.45, 7) is 7.74. The molecule has 3 aromatic rings. The van der Waals surface area contributed by atoms with Crippen LogP contribution < -0.4 is 9.46 Å². The summed E-state index contributed by atoms with van der Waals surface area (Å²) in [5.41, 5.74) is 2.34. The molecule has 34 heavy (non-hydrogen) atoms. The Balaban J connectivity index is 1.40. The van der Waals surface area contributed by atoms with Crippen molar-refractivity contribution in [2.24, 2.45) is 5.92 Å². The summed E-state index contributed by atoms with van der Waals surface area (Å²) in [5.74, 6) is 2.51. The summed E-state index contributed by atoms with van der Waals surface area (Å²) < 4.78 is 34.6. The number of nitrogens with zero attached hydrogens (tertiary/aromatic N) is 4. The third-order valence-electron chi connectivity index (χ3n) is 5.99. The minimum Gasteiger partial charge on any atom is -0.489 e. The molecule has 1 aliphatic heterocycles. The fourth-order valence-electron chi connectivity index (χ4n) is 4.23. The molecule has 0 amide bonds. The molecule has 182 valence electrons. The van der Waals surface area contributed by atoms with E-state index in [1.165, 1.54) is 11.8 Å². The van der Waals surface area contributed by atoms with Crippen molar-refractivity contribution in [1.82, 2.24) is 24.4 Å². The van der Waals surface area contributed by atoms with Gasteiger partial charge >= 0.3 is 0 Å². The topological polar surface area (TPSA) is 89.3 Å². The number of rotatable bonds is 9. The van der Waals surface area contributed by atoms with Crippen LogP contribution in [0, 0.1) is 5.92 Å². The monoisotopic (exact) mass is 483 g/mol. The lowest BCUT2D eigenvalue weighted by Crippen LogP contribution is -2.33. The van der Waals surface area contributed by atoms with Crippen molar-refractivity contribution in [1.29, 1.82) is 0 Å². The van der Waals surface area contributed by atoms with E-state index in [9.17, 15) is 8.42 Å². The van der Waals surface area contributed by atoms with Gasteiger partial charge in [-0.2, -0.15) is 0 Å². The smallest absolute Gasteiger partial charge is 0.209 e. The third-order valence-corrected chi connectivity index (χ3v) is 6.67. The molecule has 4 rings (SSSR count). The summed E-state index contributed by atoms with van der Waals surface area (Å²) in [4.78, 5) is 2.39. The van der Waals surface area contributed by atoms with Crippen molar-refractivity contribution in [3.05, 3.63) is 77.4 Å². The molecule has 1 atom stereocenters. The number of hydrogen-bond donors (Lipinski definition) is 1. The Labute approximate surface area is 202 Å². The maximum absolute atomic E-state index is 11.9. The maximum atomic E-state index is 11.9. The molecule has 8 nitrogen and oxygen atoms in total. The quantitative estimate of drug-likeness (QED) is 0.503. The van der Waals surface area contributed by atoms with E-state index < -0.39 is 16.1 Å². The molecular weight excluding hydrogens is 450 g/mol. The number of ether oxygens (including phenoxy) is 1. The Morgan fingerprint density at radius 3 is 2.50 bits per heavy atom. The fourth-order valence-corrected chi connectivity index (χ4v) is 5.07. The minimum atomic E-state index is -3.36. The van der Waals surface area contributed by atoms with E-state index in [-0.39, 0.29) is 5.92 Å². The molecule has 0 spiro atoms. The fraction of sp³-hybridized carbons (Fsp3) is 0.440. The van der Waals surface area contributed by atoms with E-state index in [0.29, 0.717) is 12.4 Å². The van der Waals surface area contributed by atoms with Gasteiger partial charge in [0.05, 0.1) is 12.3 Å². The molecule has 1 aromatic heterocycles. The van der Waals surface area contributed by atoms with E-state index in [0.717, 1.165) is 49.7 Å². The maximum Gasteiger partial charge on any atom is 0.209 e. The molecule has 2 aromatic carbocycles. The minimum absolute atomic E-state index is 0.0565. The van der Waals surface area contributed by atoms with E-state index >= 15 is 0 Å². The average molecular weight is 484 g/mol. The van der Waals surface area contributed by atoms with E-state index in [1.54, 1.807) is 0 Å². The number of aromatic nitrogens is 3. The zero-order valence-corrected chi connectivity index (χ0v) is 20.8. The predicted molar refractivity (Wildman–Crippen MR) is 132 cm³/mol. The van der Waals surface area contributed by atoms with Crippen LogP contribution in [0.2, 0.25) is 0 Å². The summed E-state index contributed by atoms with van der Waals surface area (Å²) >= 11 is 0. The zero-order chi connectivity index (χ0) is 24.1. The zero-order valence-electron chi connectivity index (χ0n) is 20.0. The van der Waals surface area contributed by atoms with Crippen LogP contribution >= 0.6 is 0 Å². The molecule has 0 saturated heterocycles. The van der Waals surface area contributed by atoms with Gasteiger partial charge in [-0.15, -0.1) is 10.2 Å². The molecule has 0 radical (unpaired) electrons. The normalized spacial score (nSPS) is 15.6. The lowest BCUT2D eigenvalue weighted by Gasteiger charge is -2.22. The van der Waals surface area contributed by atoms with Gasteiger partial charge < -0.3 is 9.30 Å². The van der Waals surface area contributed by atoms with Crippen molar-refractivity contribution in [3.8, 4) is 5.75 Å². The molecule has 0 aliphatic carbocycles. The van der Waals surface area contributed by atoms with Gasteiger partial charge in [-0.25, -0.2) is 13.1 Å².